The van der Waals surface area contributed by atoms with Crippen molar-refractivity contribution in [3.05, 3.63) is 0 Å². The molecule has 2 N–H and O–H groups in total. The van der Waals surface area contributed by atoms with Gasteiger partial charge in [0.15, 0.2) is 5.96 Å². The second-order valence-corrected chi connectivity index (χ2v) is 7.66. The molecule has 0 heterocycles. The van der Waals surface area contributed by atoms with E-state index in [1.54, 1.807) is 0 Å². The van der Waals surface area contributed by atoms with Gasteiger partial charge in [0.05, 0.1) is 0 Å². The monoisotopic (exact) mass is 424 g/mol. The fourth-order valence-corrected chi connectivity index (χ4v) is 2.98. The number of hydrogen-bond acceptors (Lipinski definition) is 2. The van der Waals surface area contributed by atoms with E-state index in [1.165, 1.54) is 25.7 Å². The number of halogens is 1. The fourth-order valence-electron chi connectivity index (χ4n) is 2.98. The molecule has 0 aromatic rings. The van der Waals surface area contributed by atoms with Gasteiger partial charge in [-0.2, -0.15) is 0 Å². The molecule has 0 radical (unpaired) electrons. The van der Waals surface area contributed by atoms with Crippen LogP contribution in [0.15, 0.2) is 4.99 Å². The minimum absolute atomic E-state index is 0. The lowest BCUT2D eigenvalue weighted by molar-refractivity contribution is 0.250. The lowest BCUT2D eigenvalue weighted by Crippen LogP contribution is -2.46. The standard InChI is InChI=1S/C17H36N4.HI/c1-14-7-9-15(10-8-14)13-21(6)16(18-5)19-11-12-20-17(2,3)4;/h14-15,20H,7-13H2,1-6H3,(H,18,19);1H. The van der Waals surface area contributed by atoms with Crippen LogP contribution in [0.5, 0.6) is 0 Å². The summed E-state index contributed by atoms with van der Waals surface area (Å²) in [6.45, 7) is 11.9. The Morgan fingerprint density at radius 3 is 2.23 bits per heavy atom. The molecule has 0 bridgehead atoms. The summed E-state index contributed by atoms with van der Waals surface area (Å²) in [6.07, 6.45) is 5.52. The molecule has 1 aliphatic rings. The van der Waals surface area contributed by atoms with Crippen molar-refractivity contribution in [3.63, 3.8) is 0 Å². The Morgan fingerprint density at radius 1 is 1.14 bits per heavy atom. The largest absolute Gasteiger partial charge is 0.355 e. The molecule has 0 aliphatic heterocycles. The zero-order valence-corrected chi connectivity index (χ0v) is 17.7. The number of aliphatic imine (C=N–C) groups is 1. The highest BCUT2D eigenvalue weighted by Crippen LogP contribution is 2.28. The molecule has 0 aromatic heterocycles. The summed E-state index contributed by atoms with van der Waals surface area (Å²) in [6, 6.07) is 0. The van der Waals surface area contributed by atoms with E-state index in [9.17, 15) is 0 Å². The van der Waals surface area contributed by atoms with E-state index < -0.39 is 0 Å². The van der Waals surface area contributed by atoms with Crippen LogP contribution in [-0.4, -0.2) is 50.1 Å². The topological polar surface area (TPSA) is 39.7 Å². The first kappa shape index (κ1) is 22.0. The Balaban J connectivity index is 0.00000441. The van der Waals surface area contributed by atoms with Crippen molar-refractivity contribution >= 4 is 29.9 Å². The number of guanidine groups is 1. The van der Waals surface area contributed by atoms with Crippen LogP contribution in [0.1, 0.15) is 53.4 Å². The molecule has 1 aliphatic carbocycles. The Hall–Kier alpha value is -0.0400. The van der Waals surface area contributed by atoms with E-state index in [-0.39, 0.29) is 29.5 Å². The van der Waals surface area contributed by atoms with Crippen molar-refractivity contribution < 1.29 is 0 Å². The highest BCUT2D eigenvalue weighted by Gasteiger charge is 2.20. The predicted molar refractivity (Wildman–Crippen MR) is 108 cm³/mol. The van der Waals surface area contributed by atoms with E-state index in [1.807, 2.05) is 7.05 Å². The van der Waals surface area contributed by atoms with E-state index in [2.05, 4.69) is 55.3 Å². The number of hydrogen-bond donors (Lipinski definition) is 2. The van der Waals surface area contributed by atoms with Crippen LogP contribution < -0.4 is 10.6 Å². The number of nitrogens with one attached hydrogen (secondary N) is 2. The van der Waals surface area contributed by atoms with E-state index >= 15 is 0 Å². The van der Waals surface area contributed by atoms with Gasteiger partial charge in [0.1, 0.15) is 0 Å². The first-order chi connectivity index (χ1) is 9.81. The average Bonchev–Trinajstić information content (AvgIpc) is 2.40. The molecule has 1 rings (SSSR count). The van der Waals surface area contributed by atoms with Crippen molar-refractivity contribution in [2.45, 2.75) is 58.9 Å². The number of nitrogens with zero attached hydrogens (tertiary/aromatic N) is 2. The van der Waals surface area contributed by atoms with Gasteiger partial charge < -0.3 is 15.5 Å². The van der Waals surface area contributed by atoms with Crippen molar-refractivity contribution in [2.24, 2.45) is 16.8 Å². The predicted octanol–water partition coefficient (Wildman–Crippen LogP) is 3.33. The van der Waals surface area contributed by atoms with E-state index in [0.717, 1.165) is 37.4 Å². The summed E-state index contributed by atoms with van der Waals surface area (Å²) in [5.41, 5.74) is 0.176. The lowest BCUT2D eigenvalue weighted by Gasteiger charge is -2.31. The van der Waals surface area contributed by atoms with Crippen LogP contribution in [0.25, 0.3) is 0 Å². The molecular weight excluding hydrogens is 387 g/mol. The summed E-state index contributed by atoms with van der Waals surface area (Å²) < 4.78 is 0. The molecule has 1 saturated carbocycles. The minimum Gasteiger partial charge on any atom is -0.355 e. The number of rotatable bonds is 5. The second-order valence-electron chi connectivity index (χ2n) is 7.66. The van der Waals surface area contributed by atoms with Crippen molar-refractivity contribution in [3.8, 4) is 0 Å². The van der Waals surface area contributed by atoms with Gasteiger partial charge in [-0.25, -0.2) is 0 Å². The first-order valence-corrected chi connectivity index (χ1v) is 8.48. The van der Waals surface area contributed by atoms with E-state index in [0.29, 0.717) is 0 Å². The quantitative estimate of drug-likeness (QED) is 0.308. The maximum Gasteiger partial charge on any atom is 0.193 e. The van der Waals surface area contributed by atoms with Gasteiger partial charge in [-0.3, -0.25) is 4.99 Å². The van der Waals surface area contributed by atoms with Crippen LogP contribution in [-0.2, 0) is 0 Å². The molecule has 0 atom stereocenters. The molecule has 0 aromatic carbocycles. The van der Waals surface area contributed by atoms with Gasteiger partial charge >= 0.3 is 0 Å². The van der Waals surface area contributed by atoms with Crippen LogP contribution >= 0.6 is 24.0 Å². The van der Waals surface area contributed by atoms with Crippen LogP contribution in [0.4, 0.5) is 0 Å². The van der Waals surface area contributed by atoms with Gasteiger partial charge in [0.25, 0.3) is 0 Å². The van der Waals surface area contributed by atoms with Crippen molar-refractivity contribution in [1.29, 1.82) is 0 Å². The normalized spacial score (nSPS) is 22.9. The third-order valence-electron chi connectivity index (χ3n) is 4.30. The summed E-state index contributed by atoms with van der Waals surface area (Å²) in [7, 11) is 4.03. The van der Waals surface area contributed by atoms with Crippen LogP contribution in [0.3, 0.4) is 0 Å². The van der Waals surface area contributed by atoms with Crippen LogP contribution in [0, 0.1) is 11.8 Å². The Bertz CT molecular complexity index is 317. The SMILES string of the molecule is CN=C(NCCNC(C)(C)C)N(C)CC1CCC(C)CC1.I. The molecule has 0 amide bonds. The highest BCUT2D eigenvalue weighted by atomic mass is 127. The molecule has 4 nitrogen and oxygen atoms in total. The van der Waals surface area contributed by atoms with E-state index in [4.69, 9.17) is 0 Å². The summed E-state index contributed by atoms with van der Waals surface area (Å²) in [5.74, 6) is 2.77. The zero-order chi connectivity index (χ0) is 15.9. The zero-order valence-electron chi connectivity index (χ0n) is 15.4. The molecule has 1 fully saturated rings. The summed E-state index contributed by atoms with van der Waals surface area (Å²) in [4.78, 5) is 6.70. The molecule has 0 unspecified atom stereocenters. The van der Waals surface area contributed by atoms with Gasteiger partial charge in [-0.05, 0) is 45.4 Å². The van der Waals surface area contributed by atoms with Gasteiger partial charge in [-0.1, -0.05) is 19.8 Å². The molecule has 22 heavy (non-hydrogen) atoms. The average molecular weight is 424 g/mol. The fraction of sp³-hybridized carbons (Fsp3) is 0.941. The first-order valence-electron chi connectivity index (χ1n) is 8.48. The smallest absolute Gasteiger partial charge is 0.193 e. The Labute approximate surface area is 154 Å². The lowest BCUT2D eigenvalue weighted by atomic mass is 9.83. The Morgan fingerprint density at radius 2 is 1.73 bits per heavy atom. The molecule has 0 saturated heterocycles. The van der Waals surface area contributed by atoms with Gasteiger partial charge in [0.2, 0.25) is 0 Å². The molecule has 0 spiro atoms. The minimum atomic E-state index is 0. The second kappa shape index (κ2) is 10.7. The molecule has 5 heteroatoms. The molecular formula is C17H37IN4. The van der Waals surface area contributed by atoms with Crippen LogP contribution in [0.2, 0.25) is 0 Å². The maximum atomic E-state index is 4.41. The summed E-state index contributed by atoms with van der Waals surface area (Å²) >= 11 is 0. The summed E-state index contributed by atoms with van der Waals surface area (Å²) in [5, 5.41) is 6.94. The van der Waals surface area contributed by atoms with Crippen molar-refractivity contribution in [2.75, 3.05) is 33.7 Å². The third kappa shape index (κ3) is 9.18. The van der Waals surface area contributed by atoms with Gasteiger partial charge in [-0.15, -0.1) is 24.0 Å². The Kier molecular flexibility index (Phi) is 10.7. The maximum absolute atomic E-state index is 4.41. The third-order valence-corrected chi connectivity index (χ3v) is 4.30. The highest BCUT2D eigenvalue weighted by molar-refractivity contribution is 14.0. The van der Waals surface area contributed by atoms with Crippen molar-refractivity contribution in [1.82, 2.24) is 15.5 Å². The van der Waals surface area contributed by atoms with Gasteiger partial charge in [0, 0.05) is 39.3 Å². The molecule has 132 valence electrons.